The molecule has 0 radical (unpaired) electrons. The Labute approximate surface area is 174 Å². The van der Waals surface area contributed by atoms with Gasteiger partial charge in [0.25, 0.3) is 0 Å². The van der Waals surface area contributed by atoms with Crippen LogP contribution in [0, 0.1) is 12.8 Å². The number of thiazole rings is 1. The van der Waals surface area contributed by atoms with Crippen molar-refractivity contribution in [3.63, 3.8) is 0 Å². The molecule has 2 aliphatic rings. The number of aryl methyl sites for hydroxylation is 1. The Hall–Kier alpha value is -1.30. The molecule has 4 rings (SSSR count). The third-order valence-corrected chi connectivity index (χ3v) is 7.23. The van der Waals surface area contributed by atoms with E-state index < -0.39 is 0 Å². The molecule has 4 nitrogen and oxygen atoms in total. The van der Waals surface area contributed by atoms with Gasteiger partial charge in [-0.3, -0.25) is 9.88 Å². The van der Waals surface area contributed by atoms with E-state index in [1.807, 2.05) is 23.7 Å². The lowest BCUT2D eigenvalue weighted by Crippen LogP contribution is -2.46. The fourth-order valence-electron chi connectivity index (χ4n) is 5.02. The van der Waals surface area contributed by atoms with Crippen molar-refractivity contribution in [1.29, 1.82) is 0 Å². The minimum absolute atomic E-state index is 0.779. The lowest BCUT2D eigenvalue weighted by molar-refractivity contribution is 0.0773. The van der Waals surface area contributed by atoms with Crippen LogP contribution in [0.2, 0.25) is 0 Å². The molecule has 0 unspecified atom stereocenters. The topological polar surface area (TPSA) is 32.3 Å². The average molecular weight is 399 g/mol. The van der Waals surface area contributed by atoms with Crippen LogP contribution in [0.4, 0.5) is 0 Å². The van der Waals surface area contributed by atoms with E-state index in [2.05, 4.69) is 45.0 Å². The molecule has 0 amide bonds. The lowest BCUT2D eigenvalue weighted by Gasteiger charge is -2.41. The second kappa shape index (κ2) is 9.95. The van der Waals surface area contributed by atoms with Crippen molar-refractivity contribution >= 4 is 11.3 Å². The Morgan fingerprint density at radius 2 is 2.00 bits per heavy atom. The number of nitrogens with zero attached hydrogens (tertiary/aromatic N) is 4. The third-order valence-electron chi connectivity index (χ3n) is 6.34. The molecule has 3 heterocycles. The molecule has 0 spiro atoms. The zero-order valence-corrected chi connectivity index (χ0v) is 18.0. The summed E-state index contributed by atoms with van der Waals surface area (Å²) in [4.78, 5) is 15.6. The van der Waals surface area contributed by atoms with E-state index in [1.165, 1.54) is 75.0 Å². The Kier molecular flexibility index (Phi) is 7.10. The van der Waals surface area contributed by atoms with Crippen LogP contribution in [-0.4, -0.2) is 45.4 Å². The van der Waals surface area contributed by atoms with Crippen LogP contribution in [-0.2, 0) is 13.1 Å². The highest BCUT2D eigenvalue weighted by atomic mass is 32.1. The highest BCUT2D eigenvalue weighted by Crippen LogP contribution is 2.28. The summed E-state index contributed by atoms with van der Waals surface area (Å²) in [5, 5.41) is 1.16. The Balaban J connectivity index is 1.40. The summed E-state index contributed by atoms with van der Waals surface area (Å²) in [6, 6.07) is 5.11. The van der Waals surface area contributed by atoms with Gasteiger partial charge in [0.2, 0.25) is 0 Å². The molecule has 2 fully saturated rings. The van der Waals surface area contributed by atoms with Crippen molar-refractivity contribution < 1.29 is 0 Å². The van der Waals surface area contributed by atoms with E-state index in [-0.39, 0.29) is 0 Å². The Morgan fingerprint density at radius 1 is 1.11 bits per heavy atom. The minimum atomic E-state index is 0.779. The number of piperidine rings is 1. The predicted octanol–water partition coefficient (Wildman–Crippen LogP) is 4.89. The van der Waals surface area contributed by atoms with E-state index in [4.69, 9.17) is 0 Å². The van der Waals surface area contributed by atoms with Crippen LogP contribution in [0.5, 0.6) is 0 Å². The molecule has 5 heteroatoms. The van der Waals surface area contributed by atoms with Gasteiger partial charge in [-0.25, -0.2) is 4.98 Å². The predicted molar refractivity (Wildman–Crippen MR) is 116 cm³/mol. The number of rotatable bonds is 7. The molecule has 1 atom stereocenters. The van der Waals surface area contributed by atoms with E-state index in [1.54, 1.807) is 0 Å². The number of hydrogen-bond donors (Lipinski definition) is 0. The standard InChI is InChI=1S/C23H34N4S/c1-19-25-14-23(28-19)18-26(15-20-7-5-11-24-13-20)16-21-8-6-12-27(17-21)22-9-3-2-4-10-22/h5,7,11,13-14,21-22H,2-4,6,8-10,12,15-18H2,1H3/t21-/m0/s1. The lowest BCUT2D eigenvalue weighted by atomic mass is 9.90. The van der Waals surface area contributed by atoms with Gasteiger partial charge < -0.3 is 4.90 Å². The summed E-state index contributed by atoms with van der Waals surface area (Å²) in [6.45, 7) is 7.86. The van der Waals surface area contributed by atoms with Gasteiger partial charge in [-0.2, -0.15) is 0 Å². The monoisotopic (exact) mass is 398 g/mol. The zero-order valence-electron chi connectivity index (χ0n) is 17.2. The van der Waals surface area contributed by atoms with Crippen molar-refractivity contribution in [2.75, 3.05) is 19.6 Å². The average Bonchev–Trinajstić information content (AvgIpc) is 3.14. The number of hydrogen-bond acceptors (Lipinski definition) is 5. The molecular formula is C23H34N4S. The minimum Gasteiger partial charge on any atom is -0.300 e. The molecule has 2 aromatic heterocycles. The van der Waals surface area contributed by atoms with Crippen molar-refractivity contribution in [2.24, 2.45) is 5.92 Å². The quantitative estimate of drug-likeness (QED) is 0.664. The maximum atomic E-state index is 4.47. The molecule has 1 saturated carbocycles. The molecule has 1 aliphatic heterocycles. The molecule has 1 saturated heterocycles. The number of pyridine rings is 1. The van der Waals surface area contributed by atoms with Gasteiger partial charge in [0, 0.05) is 55.7 Å². The number of likely N-dealkylation sites (tertiary alicyclic amines) is 1. The van der Waals surface area contributed by atoms with Crippen molar-refractivity contribution in [1.82, 2.24) is 19.8 Å². The maximum absolute atomic E-state index is 4.47. The van der Waals surface area contributed by atoms with Gasteiger partial charge in [-0.15, -0.1) is 11.3 Å². The van der Waals surface area contributed by atoms with Crippen molar-refractivity contribution in [2.45, 2.75) is 71.0 Å². The first-order valence-electron chi connectivity index (χ1n) is 11.0. The summed E-state index contributed by atoms with van der Waals surface area (Å²) in [6.07, 6.45) is 15.8. The molecule has 0 bridgehead atoms. The highest BCUT2D eigenvalue weighted by Gasteiger charge is 2.28. The van der Waals surface area contributed by atoms with E-state index in [0.717, 1.165) is 30.1 Å². The first-order valence-corrected chi connectivity index (χ1v) is 11.8. The Morgan fingerprint density at radius 3 is 2.75 bits per heavy atom. The van der Waals surface area contributed by atoms with E-state index >= 15 is 0 Å². The third kappa shape index (κ3) is 5.62. The summed E-state index contributed by atoms with van der Waals surface area (Å²) in [5.74, 6) is 0.779. The van der Waals surface area contributed by atoms with Gasteiger partial charge in [0.05, 0.1) is 5.01 Å². The number of aromatic nitrogens is 2. The fourth-order valence-corrected chi connectivity index (χ4v) is 5.86. The summed E-state index contributed by atoms with van der Waals surface area (Å²) in [7, 11) is 0. The summed E-state index contributed by atoms with van der Waals surface area (Å²) < 4.78 is 0. The Bertz CT molecular complexity index is 710. The van der Waals surface area contributed by atoms with Crippen LogP contribution >= 0.6 is 11.3 Å². The summed E-state index contributed by atoms with van der Waals surface area (Å²) in [5.41, 5.74) is 1.31. The molecule has 152 valence electrons. The largest absolute Gasteiger partial charge is 0.300 e. The molecule has 1 aliphatic carbocycles. The zero-order chi connectivity index (χ0) is 19.2. The van der Waals surface area contributed by atoms with Crippen molar-refractivity contribution in [3.05, 3.63) is 46.2 Å². The van der Waals surface area contributed by atoms with Crippen LogP contribution in [0.1, 0.15) is 60.4 Å². The van der Waals surface area contributed by atoms with Gasteiger partial charge in [-0.05, 0) is 56.7 Å². The van der Waals surface area contributed by atoms with E-state index in [0.29, 0.717) is 0 Å². The maximum Gasteiger partial charge on any atom is 0.0897 e. The van der Waals surface area contributed by atoms with Gasteiger partial charge in [0.15, 0.2) is 0 Å². The first kappa shape index (κ1) is 20.0. The van der Waals surface area contributed by atoms with E-state index in [9.17, 15) is 0 Å². The first-order chi connectivity index (χ1) is 13.8. The normalized spacial score (nSPS) is 22.0. The smallest absolute Gasteiger partial charge is 0.0897 e. The fraction of sp³-hybridized carbons (Fsp3) is 0.652. The molecular weight excluding hydrogens is 364 g/mol. The van der Waals surface area contributed by atoms with Gasteiger partial charge in [-0.1, -0.05) is 25.3 Å². The van der Waals surface area contributed by atoms with Crippen LogP contribution < -0.4 is 0 Å². The van der Waals surface area contributed by atoms with Gasteiger partial charge >= 0.3 is 0 Å². The van der Waals surface area contributed by atoms with Crippen LogP contribution in [0.3, 0.4) is 0 Å². The summed E-state index contributed by atoms with van der Waals surface area (Å²) >= 11 is 1.83. The SMILES string of the molecule is Cc1ncc(CN(Cc2cccnc2)C[C@@H]2CCCN(C3CCCCC3)C2)s1. The van der Waals surface area contributed by atoms with Crippen LogP contribution in [0.25, 0.3) is 0 Å². The second-order valence-corrected chi connectivity index (χ2v) is 9.99. The van der Waals surface area contributed by atoms with Crippen LogP contribution in [0.15, 0.2) is 30.7 Å². The second-order valence-electron chi connectivity index (χ2n) is 8.67. The highest BCUT2D eigenvalue weighted by molar-refractivity contribution is 7.11. The molecule has 28 heavy (non-hydrogen) atoms. The molecule has 0 aromatic carbocycles. The van der Waals surface area contributed by atoms with Crippen molar-refractivity contribution in [3.8, 4) is 0 Å². The van der Waals surface area contributed by atoms with Gasteiger partial charge in [0.1, 0.15) is 0 Å². The molecule has 2 aromatic rings. The molecule has 0 N–H and O–H groups in total.